The summed E-state index contributed by atoms with van der Waals surface area (Å²) >= 11 is 8.39. The van der Waals surface area contributed by atoms with Gasteiger partial charge in [-0.2, -0.15) is 0 Å². The Morgan fingerprint density at radius 2 is 1.85 bits per heavy atom. The van der Waals surface area contributed by atoms with Crippen molar-refractivity contribution in [3.8, 4) is 16.9 Å². The molecule has 3 aliphatic rings. The Morgan fingerprint density at radius 1 is 1.04 bits per heavy atom. The Bertz CT molecular complexity index is 1660. The van der Waals surface area contributed by atoms with Crippen molar-refractivity contribution in [2.24, 2.45) is 5.92 Å². The number of hydrogen-bond acceptors (Lipinski definition) is 12. The zero-order valence-electron chi connectivity index (χ0n) is 29.7. The first-order valence-corrected chi connectivity index (χ1v) is 19.8. The molecule has 6 N–H and O–H groups in total. The molecule has 2 aromatic carbocycles. The van der Waals surface area contributed by atoms with Crippen molar-refractivity contribution in [2.45, 2.75) is 92.4 Å². The number of carbonyl (C=O) groups excluding carboxylic acids is 1. The van der Waals surface area contributed by atoms with Crippen LogP contribution >= 0.6 is 23.4 Å². The molecule has 14 heteroatoms. The van der Waals surface area contributed by atoms with Crippen molar-refractivity contribution >= 4 is 29.3 Å². The molecule has 1 saturated heterocycles. The summed E-state index contributed by atoms with van der Waals surface area (Å²) < 4.78 is 6.27. The third-order valence-corrected chi connectivity index (χ3v) is 11.6. The van der Waals surface area contributed by atoms with E-state index in [9.17, 15) is 25.2 Å². The molecule has 6 rings (SSSR count). The summed E-state index contributed by atoms with van der Waals surface area (Å²) in [6, 6.07) is 16.3. The highest BCUT2D eigenvalue weighted by Crippen LogP contribution is 2.50. The van der Waals surface area contributed by atoms with E-state index in [0.717, 1.165) is 70.8 Å². The molecule has 1 amide bonds. The third-order valence-electron chi connectivity index (χ3n) is 10.1. The number of ether oxygens (including phenoxy) is 1. The highest BCUT2D eigenvalue weighted by atomic mass is 35.5. The van der Waals surface area contributed by atoms with Crippen molar-refractivity contribution in [1.29, 1.82) is 0 Å². The van der Waals surface area contributed by atoms with Gasteiger partial charge in [-0.25, -0.2) is 9.78 Å². The molecule has 3 fully saturated rings. The first kappa shape index (κ1) is 39.9. The number of unbranched alkanes of at least 4 members (excludes halogenated alkanes) is 1. The number of pyridine rings is 1. The monoisotopic (exact) mass is 771 g/mol. The number of nitrogens with zero attached hydrogens (tertiary/aromatic N) is 2. The number of aromatic nitrogens is 1. The number of aliphatic hydroxyl groups is 5. The quantitative estimate of drug-likeness (QED) is 0.0558. The molecular weight excluding hydrogens is 722 g/mol. The van der Waals surface area contributed by atoms with Gasteiger partial charge in [-0.15, -0.1) is 11.8 Å². The minimum absolute atomic E-state index is 0.0304. The first-order valence-electron chi connectivity index (χ1n) is 18.4. The molecule has 0 bridgehead atoms. The summed E-state index contributed by atoms with van der Waals surface area (Å²) in [5.41, 5.74) is 4.16. The van der Waals surface area contributed by atoms with Crippen molar-refractivity contribution in [1.82, 2.24) is 15.2 Å². The standard InChI is InChI=1S/C39H50ClN3O9S/c40-32-10-9-28(53-18-4-3-16-43(22-25-12-17-50-51-24-25)38(49)37(48)36(47)35(46)33(45)23-44)19-26(32)20-42-39(13-14-39)31-21-41-15-11-29(31)30-5-1-2-6-34(30)52-27-7-8-27/h1-2,5-6,9-11,15,19,21,25,27,33,35-37,42,44-48H,3-4,7-8,12-14,16-18,20,22-24H2/t25?,33-,35+,36-,37-/m0/s1. The Hall–Kier alpha value is -2.82. The lowest BCUT2D eigenvalue weighted by Crippen LogP contribution is -2.53. The van der Waals surface area contributed by atoms with Gasteiger partial charge in [0.25, 0.3) is 5.91 Å². The number of aliphatic hydroxyl groups excluding tert-OH is 5. The molecule has 2 aliphatic carbocycles. The molecule has 288 valence electrons. The maximum Gasteiger partial charge on any atom is 0.254 e. The molecule has 1 unspecified atom stereocenters. The van der Waals surface area contributed by atoms with E-state index in [1.807, 2.05) is 42.7 Å². The van der Waals surface area contributed by atoms with E-state index in [-0.39, 0.29) is 24.6 Å². The predicted molar refractivity (Wildman–Crippen MR) is 200 cm³/mol. The molecule has 0 radical (unpaired) electrons. The maximum absolute atomic E-state index is 13.3. The number of halogens is 1. The largest absolute Gasteiger partial charge is 0.490 e. The number of carbonyl (C=O) groups is 1. The fourth-order valence-electron chi connectivity index (χ4n) is 6.57. The number of para-hydroxylation sites is 1. The number of thioether (sulfide) groups is 1. The van der Waals surface area contributed by atoms with Crippen LogP contribution in [0.15, 0.2) is 65.8 Å². The second-order valence-corrected chi connectivity index (χ2v) is 15.8. The highest BCUT2D eigenvalue weighted by Gasteiger charge is 2.46. The van der Waals surface area contributed by atoms with Gasteiger partial charge in [0.05, 0.1) is 25.9 Å². The molecule has 12 nitrogen and oxygen atoms in total. The predicted octanol–water partition coefficient (Wildman–Crippen LogP) is 3.83. The minimum atomic E-state index is -1.97. The average Bonchev–Trinajstić information content (AvgIpc) is 4.14. The van der Waals surface area contributed by atoms with E-state index in [1.54, 1.807) is 11.8 Å². The molecule has 3 aromatic rings. The molecule has 53 heavy (non-hydrogen) atoms. The summed E-state index contributed by atoms with van der Waals surface area (Å²) in [4.78, 5) is 30.4. The van der Waals surface area contributed by atoms with Gasteiger partial charge in [-0.05, 0) is 97.7 Å². The Kier molecular flexibility index (Phi) is 14.0. The summed E-state index contributed by atoms with van der Waals surface area (Å²) in [5, 5.41) is 54.3. The van der Waals surface area contributed by atoms with Crippen LogP contribution in [0.5, 0.6) is 5.75 Å². The van der Waals surface area contributed by atoms with E-state index in [0.29, 0.717) is 43.7 Å². The lowest BCUT2D eigenvalue weighted by Gasteiger charge is -2.33. The van der Waals surface area contributed by atoms with Gasteiger partial charge in [0.2, 0.25) is 0 Å². The second-order valence-electron chi connectivity index (χ2n) is 14.2. The minimum Gasteiger partial charge on any atom is -0.490 e. The van der Waals surface area contributed by atoms with Crippen LogP contribution in [0, 0.1) is 5.92 Å². The molecule has 1 aliphatic heterocycles. The first-order chi connectivity index (χ1) is 25.7. The lowest BCUT2D eigenvalue weighted by atomic mass is 9.94. The molecule has 0 spiro atoms. The van der Waals surface area contributed by atoms with E-state index in [2.05, 4.69) is 28.5 Å². The number of nitrogens with one attached hydrogen (secondary N) is 1. The highest BCUT2D eigenvalue weighted by molar-refractivity contribution is 7.99. The van der Waals surface area contributed by atoms with Crippen LogP contribution in [0.3, 0.4) is 0 Å². The lowest BCUT2D eigenvalue weighted by molar-refractivity contribution is -0.324. The van der Waals surface area contributed by atoms with E-state index in [4.69, 9.17) is 31.2 Å². The van der Waals surface area contributed by atoms with Gasteiger partial charge in [0.1, 0.15) is 24.1 Å². The number of hydrogen-bond donors (Lipinski definition) is 6. The Morgan fingerprint density at radius 3 is 2.58 bits per heavy atom. The SMILES string of the molecule is O=C([C@@H](O)[C@@H](O)[C@H](O)[C@@H](O)CO)N(CCCCSc1ccc(Cl)c(CNC2(c3cnccc3-c3ccccc3OC3CC3)CC2)c1)CC1CCOOC1. The topological polar surface area (TPSA) is 174 Å². The van der Waals surface area contributed by atoms with Crippen molar-refractivity contribution in [2.75, 3.05) is 38.7 Å². The van der Waals surface area contributed by atoms with E-state index in [1.165, 1.54) is 4.90 Å². The average molecular weight is 772 g/mol. The zero-order valence-corrected chi connectivity index (χ0v) is 31.3. The zero-order chi connectivity index (χ0) is 37.4. The van der Waals surface area contributed by atoms with Crippen molar-refractivity contribution < 1.29 is 44.8 Å². The fourth-order valence-corrected chi connectivity index (χ4v) is 7.73. The summed E-state index contributed by atoms with van der Waals surface area (Å²) in [6.07, 6.45) is 2.80. The summed E-state index contributed by atoms with van der Waals surface area (Å²) in [7, 11) is 0. The molecule has 1 aromatic heterocycles. The van der Waals surface area contributed by atoms with Crippen LogP contribution < -0.4 is 10.1 Å². The van der Waals surface area contributed by atoms with Crippen molar-refractivity contribution in [3.63, 3.8) is 0 Å². The van der Waals surface area contributed by atoms with Gasteiger partial charge >= 0.3 is 0 Å². The number of rotatable bonds is 20. The van der Waals surface area contributed by atoms with Gasteiger partial charge in [-0.3, -0.25) is 9.78 Å². The fraction of sp³-hybridized carbons (Fsp3) is 0.538. The Balaban J connectivity index is 1.03. The van der Waals surface area contributed by atoms with Crippen LogP contribution in [0.1, 0.15) is 56.1 Å². The van der Waals surface area contributed by atoms with Gasteiger partial charge in [0.15, 0.2) is 6.10 Å². The summed E-state index contributed by atoms with van der Waals surface area (Å²) in [6.45, 7) is 1.01. The van der Waals surface area contributed by atoms with Crippen LogP contribution in [0.2, 0.25) is 5.02 Å². The molecule has 2 heterocycles. The number of amides is 1. The van der Waals surface area contributed by atoms with Gasteiger partial charge in [-0.1, -0.05) is 29.8 Å². The van der Waals surface area contributed by atoms with E-state index >= 15 is 0 Å². The number of benzene rings is 2. The van der Waals surface area contributed by atoms with E-state index < -0.39 is 36.9 Å². The molecule has 5 atom stereocenters. The molecular formula is C39H50ClN3O9S. The smallest absolute Gasteiger partial charge is 0.254 e. The van der Waals surface area contributed by atoms with Gasteiger partial charge in [0, 0.05) is 59.0 Å². The molecule has 2 saturated carbocycles. The summed E-state index contributed by atoms with van der Waals surface area (Å²) in [5.74, 6) is 0.885. The van der Waals surface area contributed by atoms with Gasteiger partial charge < -0.3 is 40.5 Å². The second kappa shape index (κ2) is 18.7. The van der Waals surface area contributed by atoms with Crippen LogP contribution in [0.25, 0.3) is 11.1 Å². The normalized spacial score (nSPS) is 20.3. The van der Waals surface area contributed by atoms with Crippen LogP contribution in [-0.4, -0.2) is 111 Å². The Labute approximate surface area is 319 Å². The maximum atomic E-state index is 13.3. The van der Waals surface area contributed by atoms with Crippen LogP contribution in [0.4, 0.5) is 0 Å². The van der Waals surface area contributed by atoms with Crippen LogP contribution in [-0.2, 0) is 26.7 Å². The van der Waals surface area contributed by atoms with Crippen molar-refractivity contribution in [3.05, 3.63) is 77.1 Å². The third kappa shape index (κ3) is 10.5.